The van der Waals surface area contributed by atoms with Gasteiger partial charge in [0.1, 0.15) is 0 Å². The van der Waals surface area contributed by atoms with Gasteiger partial charge in [-0.1, -0.05) is 0 Å². The van der Waals surface area contributed by atoms with Crippen molar-refractivity contribution in [3.63, 3.8) is 0 Å². The van der Waals surface area contributed by atoms with Gasteiger partial charge in [0.25, 0.3) is 0 Å². The van der Waals surface area contributed by atoms with Crippen LogP contribution in [0.2, 0.25) is 0 Å². The third-order valence-corrected chi connectivity index (χ3v) is 10.8. The Balaban J connectivity index is -0.000000380. The number of amides is 6. The van der Waals surface area contributed by atoms with Crippen LogP contribution < -0.4 is 34.4 Å². The molecule has 0 radical (unpaired) electrons. The second kappa shape index (κ2) is 51.4. The molecule has 0 aliphatic carbocycles. The highest BCUT2D eigenvalue weighted by Crippen LogP contribution is 2.17. The Morgan fingerprint density at radius 1 is 0.240 bits per heavy atom. The fourth-order valence-corrected chi connectivity index (χ4v) is 6.01. The van der Waals surface area contributed by atoms with E-state index in [-0.39, 0.29) is 78.5 Å². The molecule has 30 nitrogen and oxygen atoms in total. The van der Waals surface area contributed by atoms with Crippen LogP contribution in [-0.2, 0) is 57.5 Å². The van der Waals surface area contributed by atoms with Crippen LogP contribution in [0.15, 0.2) is 0 Å². The van der Waals surface area contributed by atoms with Crippen molar-refractivity contribution in [2.24, 2.45) is 34.4 Å². The van der Waals surface area contributed by atoms with Crippen molar-refractivity contribution in [1.82, 2.24) is 29.4 Å². The van der Waals surface area contributed by atoms with E-state index in [0.717, 1.165) is 0 Å². The van der Waals surface area contributed by atoms with Gasteiger partial charge >= 0.3 is 72.9 Å². The van der Waals surface area contributed by atoms with E-state index in [2.05, 4.69) is 0 Å². The van der Waals surface area contributed by atoms with E-state index < -0.39 is 108 Å². The van der Waals surface area contributed by atoms with Crippen LogP contribution in [0.1, 0.15) is 77.0 Å². The Labute approximate surface area is 533 Å². The fourth-order valence-electron chi connectivity index (χ4n) is 6.01. The molecule has 1 heterocycles. The van der Waals surface area contributed by atoms with E-state index in [0.29, 0.717) is 116 Å². The number of halogens is 18. The van der Waals surface area contributed by atoms with Gasteiger partial charge in [-0.3, -0.25) is 28.8 Å². The molecule has 0 unspecified atom stereocenters. The minimum Gasteiger partial charge on any atom is -0.475 e. The summed E-state index contributed by atoms with van der Waals surface area (Å²) in [6.07, 6.45) is -23.6. The van der Waals surface area contributed by atoms with Gasteiger partial charge in [-0.05, 0) is 116 Å². The zero-order chi connectivity index (χ0) is 76.6. The summed E-state index contributed by atoms with van der Waals surface area (Å²) in [5.74, 6) is -19.1. The molecule has 1 aliphatic rings. The molecule has 1 rings (SSSR count). The SMILES string of the molecule is NCCCCN1CC(=O)N(CCCCN)CC(=O)N(CCCCN)CC(=O)N(CCCCN)CC(=O)N(CCCCN)CC(=O)N(CCCCN)CC1=O.O=C(O)C(F)(F)F.O=C(O)C(F)(F)F.O=C(O)C(F)(F)F.O=C(O)C(F)(F)F.O=C(O)C(F)(F)F.O=C(O)C(F)(F)F. The standard InChI is InChI=1S/C36H72N12O6.6C2HF3O2/c37-13-1-7-19-43-25-32(50)45(21-9-3-15-39)27-34(52)47(23-11-5-17-41)29-36(54)48(24-12-6-18-42)30-35(53)46(22-10-4-16-40)28-33(51)44(26-31(43)49)20-8-2-14-38;6*3-2(4,5)1(6)7/h1-30,37-42H2;6*(H,6,7). The molecule has 0 atom stereocenters. The maximum absolute atomic E-state index is 14.0. The number of carbonyl (C=O) groups is 12. The molecule has 18 N–H and O–H groups in total. The molecule has 1 aliphatic heterocycles. The van der Waals surface area contributed by atoms with Crippen LogP contribution in [-0.4, -0.2) is 286 Å². The van der Waals surface area contributed by atoms with E-state index in [1.807, 2.05) is 0 Å². The number of alkyl halides is 18. The summed E-state index contributed by atoms with van der Waals surface area (Å²) in [6, 6.07) is 0. The number of rotatable bonds is 24. The summed E-state index contributed by atoms with van der Waals surface area (Å²) in [6.45, 7) is 1.87. The fraction of sp³-hybridized carbons (Fsp3) is 0.750. The molecule has 0 bridgehead atoms. The maximum Gasteiger partial charge on any atom is 0.490 e. The maximum atomic E-state index is 14.0. The van der Waals surface area contributed by atoms with Crippen LogP contribution in [0.5, 0.6) is 0 Å². The predicted octanol–water partition coefficient (Wildman–Crippen LogP) is 1.20. The Morgan fingerprint density at radius 3 is 0.385 bits per heavy atom. The molecule has 48 heteroatoms. The Bertz CT molecular complexity index is 1940. The first-order valence-electron chi connectivity index (χ1n) is 27.4. The van der Waals surface area contributed by atoms with Crippen LogP contribution in [0.3, 0.4) is 0 Å². The topological polar surface area (TPSA) is 502 Å². The lowest BCUT2D eigenvalue weighted by molar-refractivity contribution is -0.193. The molecule has 0 aromatic heterocycles. The molecule has 564 valence electrons. The first-order valence-corrected chi connectivity index (χ1v) is 27.4. The molecule has 0 aromatic carbocycles. The Kier molecular flexibility index (Phi) is 53.1. The van der Waals surface area contributed by atoms with Crippen molar-refractivity contribution in [2.75, 3.05) is 118 Å². The molecule has 0 aromatic rings. The third kappa shape index (κ3) is 55.4. The quantitative estimate of drug-likeness (QED) is 0.0477. The normalized spacial score (nSPS) is 14.2. The van der Waals surface area contributed by atoms with Crippen LogP contribution in [0, 0.1) is 0 Å². The van der Waals surface area contributed by atoms with Gasteiger partial charge in [-0.2, -0.15) is 79.0 Å². The van der Waals surface area contributed by atoms with E-state index in [1.165, 1.54) is 29.4 Å². The van der Waals surface area contributed by atoms with Crippen molar-refractivity contribution in [3.05, 3.63) is 0 Å². The summed E-state index contributed by atoms with van der Waals surface area (Å²) >= 11 is 0. The van der Waals surface area contributed by atoms with Crippen molar-refractivity contribution in [2.45, 2.75) is 114 Å². The number of nitrogens with two attached hydrogens (primary N) is 6. The molecule has 1 saturated heterocycles. The number of carboxylic acid groups (broad SMARTS) is 6. The van der Waals surface area contributed by atoms with Crippen LogP contribution in [0.25, 0.3) is 0 Å². The van der Waals surface area contributed by atoms with Crippen molar-refractivity contribution < 1.29 is 167 Å². The Morgan fingerprint density at radius 2 is 0.323 bits per heavy atom. The zero-order valence-electron chi connectivity index (χ0n) is 50.7. The molecule has 6 amide bonds. The van der Waals surface area contributed by atoms with Gasteiger partial charge in [0.2, 0.25) is 35.4 Å². The first kappa shape index (κ1) is 99.2. The average Bonchev–Trinajstić information content (AvgIpc) is 1.07. The highest BCUT2D eigenvalue weighted by atomic mass is 19.4. The van der Waals surface area contributed by atoms with Crippen molar-refractivity contribution >= 4 is 71.3 Å². The second-order valence-electron chi connectivity index (χ2n) is 18.7. The molecule has 0 saturated carbocycles. The largest absolute Gasteiger partial charge is 0.490 e. The summed E-state index contributed by atoms with van der Waals surface area (Å²) in [5, 5.41) is 42.8. The van der Waals surface area contributed by atoms with Gasteiger partial charge in [-0.15, -0.1) is 0 Å². The smallest absolute Gasteiger partial charge is 0.475 e. The first-order chi connectivity index (χ1) is 43.7. The molecule has 0 spiro atoms. The van der Waals surface area contributed by atoms with E-state index in [9.17, 15) is 108 Å². The second-order valence-corrected chi connectivity index (χ2v) is 18.7. The lowest BCUT2D eigenvalue weighted by Gasteiger charge is -2.34. The van der Waals surface area contributed by atoms with Gasteiger partial charge < -0.3 is 94.4 Å². The third-order valence-electron chi connectivity index (χ3n) is 10.8. The minimum absolute atomic E-state index is 0.223. The average molecular weight is 1450 g/mol. The lowest BCUT2D eigenvalue weighted by atomic mass is 10.2. The summed E-state index contributed by atoms with van der Waals surface area (Å²) in [5.41, 5.74) is 34.5. The number of hydrogen-bond donors (Lipinski definition) is 12. The highest BCUT2D eigenvalue weighted by Gasteiger charge is 2.42. The van der Waals surface area contributed by atoms with Crippen molar-refractivity contribution in [1.29, 1.82) is 0 Å². The van der Waals surface area contributed by atoms with Crippen LogP contribution >= 0.6 is 0 Å². The Hall–Kier alpha value is -7.86. The molecular formula is C48H78F18N12O18. The van der Waals surface area contributed by atoms with Crippen LogP contribution in [0.4, 0.5) is 79.0 Å². The van der Waals surface area contributed by atoms with E-state index in [1.54, 1.807) is 0 Å². The molecule has 96 heavy (non-hydrogen) atoms. The summed E-state index contributed by atoms with van der Waals surface area (Å²) in [7, 11) is 0. The van der Waals surface area contributed by atoms with E-state index in [4.69, 9.17) is 93.8 Å². The van der Waals surface area contributed by atoms with Crippen molar-refractivity contribution in [3.8, 4) is 0 Å². The number of carboxylic acids is 6. The minimum atomic E-state index is -5.08. The zero-order valence-corrected chi connectivity index (χ0v) is 50.7. The number of nitrogens with zero attached hydrogens (tertiary/aromatic N) is 6. The molecule has 1 fully saturated rings. The van der Waals surface area contributed by atoms with Gasteiger partial charge in [-0.25, -0.2) is 28.8 Å². The monoisotopic (exact) mass is 1450 g/mol. The van der Waals surface area contributed by atoms with Gasteiger partial charge in [0, 0.05) is 39.3 Å². The van der Waals surface area contributed by atoms with Gasteiger partial charge in [0.05, 0.1) is 39.3 Å². The lowest BCUT2D eigenvalue weighted by Crippen LogP contribution is -2.54. The number of unbranched alkanes of at least 4 members (excludes halogenated alkanes) is 6. The highest BCUT2D eigenvalue weighted by molar-refractivity contribution is 5.94. The summed E-state index contributed by atoms with van der Waals surface area (Å²) in [4.78, 5) is 146. The van der Waals surface area contributed by atoms with Gasteiger partial charge in [0.15, 0.2) is 0 Å². The number of carbonyl (C=O) groups excluding carboxylic acids is 6. The molecular weight excluding hydrogens is 1370 g/mol. The van der Waals surface area contributed by atoms with E-state index >= 15 is 0 Å². The number of aliphatic carboxylic acids is 6. The number of hydrogen-bond acceptors (Lipinski definition) is 18. The summed E-state index contributed by atoms with van der Waals surface area (Å²) < 4.78 is 190. The predicted molar refractivity (Wildman–Crippen MR) is 291 cm³/mol.